The maximum Gasteiger partial charge on any atom is 0.417 e. The molecule has 3 aromatic carbocycles. The molecule has 0 fully saturated rings. The van der Waals surface area contributed by atoms with Crippen molar-refractivity contribution in [2.75, 3.05) is 0 Å². The van der Waals surface area contributed by atoms with Crippen LogP contribution in [-0.2, 0) is 19.3 Å². The van der Waals surface area contributed by atoms with Gasteiger partial charge in [-0.3, -0.25) is 4.79 Å². The van der Waals surface area contributed by atoms with Crippen molar-refractivity contribution in [2.45, 2.75) is 19.3 Å². The first-order valence-corrected chi connectivity index (χ1v) is 10.4. The maximum absolute atomic E-state index is 13.7. The van der Waals surface area contributed by atoms with Crippen LogP contribution in [0, 0.1) is 11.3 Å². The molecule has 0 aliphatic heterocycles. The van der Waals surface area contributed by atoms with Gasteiger partial charge in [0.1, 0.15) is 24.0 Å². The minimum Gasteiger partial charge on any atom is -0.489 e. The number of hydrogen-bond acceptors (Lipinski definition) is 3. The van der Waals surface area contributed by atoms with Crippen molar-refractivity contribution in [2.24, 2.45) is 0 Å². The van der Waals surface area contributed by atoms with E-state index in [9.17, 15) is 23.2 Å². The lowest BCUT2D eigenvalue weighted by molar-refractivity contribution is -0.137. The van der Waals surface area contributed by atoms with Crippen LogP contribution in [-0.4, -0.2) is 4.57 Å². The molecule has 0 saturated heterocycles. The van der Waals surface area contributed by atoms with Crippen LogP contribution in [0.3, 0.4) is 0 Å². The number of halogens is 3. The van der Waals surface area contributed by atoms with E-state index < -0.39 is 22.9 Å². The molecular formula is C27H19F3N2O2. The molecule has 1 aromatic heterocycles. The van der Waals surface area contributed by atoms with Gasteiger partial charge >= 0.3 is 6.18 Å². The highest BCUT2D eigenvalue weighted by Crippen LogP contribution is 2.34. The Labute approximate surface area is 194 Å². The maximum atomic E-state index is 13.7. The lowest BCUT2D eigenvalue weighted by Gasteiger charge is -2.18. The number of hydrogen-bond donors (Lipinski definition) is 0. The fourth-order valence-corrected chi connectivity index (χ4v) is 3.63. The molecule has 4 rings (SSSR count). The van der Waals surface area contributed by atoms with Gasteiger partial charge in [0, 0.05) is 5.56 Å². The van der Waals surface area contributed by atoms with Crippen molar-refractivity contribution in [3.8, 4) is 23.1 Å². The van der Waals surface area contributed by atoms with Gasteiger partial charge in [-0.15, -0.1) is 0 Å². The van der Waals surface area contributed by atoms with Gasteiger partial charge in [0.15, 0.2) is 0 Å². The quantitative estimate of drug-likeness (QED) is 0.353. The Bertz CT molecular complexity index is 1390. The summed E-state index contributed by atoms with van der Waals surface area (Å²) in [5.74, 6) is 0.443. The second kappa shape index (κ2) is 9.67. The third-order valence-electron chi connectivity index (χ3n) is 5.28. The van der Waals surface area contributed by atoms with Gasteiger partial charge in [-0.2, -0.15) is 18.4 Å². The van der Waals surface area contributed by atoms with E-state index in [0.717, 1.165) is 11.6 Å². The summed E-state index contributed by atoms with van der Waals surface area (Å²) in [7, 11) is 0. The first kappa shape index (κ1) is 22.9. The standard InChI is InChI=1S/C27H19F3N2O2/c28-27(29,30)24-15-25(32(26(33)23(24)16-31)17-19-8-3-1-4-9-19)21-12-7-13-22(14-21)34-18-20-10-5-2-6-11-20/h1-15H,17-18H2. The van der Waals surface area contributed by atoms with Gasteiger partial charge in [0.05, 0.1) is 17.8 Å². The Balaban J connectivity index is 1.82. The summed E-state index contributed by atoms with van der Waals surface area (Å²) in [4.78, 5) is 13.1. The largest absolute Gasteiger partial charge is 0.489 e. The summed E-state index contributed by atoms with van der Waals surface area (Å²) >= 11 is 0. The van der Waals surface area contributed by atoms with E-state index in [1.807, 2.05) is 30.3 Å². The number of pyridine rings is 1. The van der Waals surface area contributed by atoms with Crippen molar-refractivity contribution in [3.63, 3.8) is 0 Å². The fraction of sp³-hybridized carbons (Fsp3) is 0.111. The van der Waals surface area contributed by atoms with Gasteiger partial charge in [-0.25, -0.2) is 0 Å². The van der Waals surface area contributed by atoms with Crippen molar-refractivity contribution >= 4 is 0 Å². The van der Waals surface area contributed by atoms with Crippen LogP contribution >= 0.6 is 0 Å². The molecule has 4 nitrogen and oxygen atoms in total. The predicted molar refractivity (Wildman–Crippen MR) is 122 cm³/mol. The second-order valence-corrected chi connectivity index (χ2v) is 7.61. The van der Waals surface area contributed by atoms with Crippen molar-refractivity contribution in [1.29, 1.82) is 5.26 Å². The molecule has 0 saturated carbocycles. The van der Waals surface area contributed by atoms with E-state index in [2.05, 4.69) is 0 Å². The number of aromatic nitrogens is 1. The molecule has 0 aliphatic rings. The summed E-state index contributed by atoms with van der Waals surface area (Å²) in [5.41, 5.74) is -1.11. The minimum absolute atomic E-state index is 0.0108. The summed E-state index contributed by atoms with van der Waals surface area (Å²) < 4.78 is 48.2. The van der Waals surface area contributed by atoms with Crippen LogP contribution < -0.4 is 10.3 Å². The molecule has 0 N–H and O–H groups in total. The monoisotopic (exact) mass is 460 g/mol. The van der Waals surface area contributed by atoms with E-state index in [4.69, 9.17) is 4.74 Å². The zero-order valence-corrected chi connectivity index (χ0v) is 17.9. The molecule has 0 atom stereocenters. The molecular weight excluding hydrogens is 441 g/mol. The number of ether oxygens (including phenoxy) is 1. The Hall–Kier alpha value is -4.31. The SMILES string of the molecule is N#Cc1c(C(F)(F)F)cc(-c2cccc(OCc3ccccc3)c2)n(Cc2ccccc2)c1=O. The molecule has 170 valence electrons. The minimum atomic E-state index is -4.85. The Kier molecular flexibility index (Phi) is 6.51. The Morgan fingerprint density at radius 2 is 1.50 bits per heavy atom. The second-order valence-electron chi connectivity index (χ2n) is 7.61. The van der Waals surface area contributed by atoms with Gasteiger partial charge in [0.25, 0.3) is 5.56 Å². The van der Waals surface area contributed by atoms with E-state index in [-0.39, 0.29) is 18.8 Å². The average molecular weight is 460 g/mol. The van der Waals surface area contributed by atoms with Crippen molar-refractivity contribution < 1.29 is 17.9 Å². The smallest absolute Gasteiger partial charge is 0.417 e. The topological polar surface area (TPSA) is 55.0 Å². The highest BCUT2D eigenvalue weighted by molar-refractivity contribution is 5.64. The first-order chi connectivity index (χ1) is 16.4. The fourth-order valence-electron chi connectivity index (χ4n) is 3.63. The van der Waals surface area contributed by atoms with Gasteiger partial charge in [-0.1, -0.05) is 72.8 Å². The van der Waals surface area contributed by atoms with Crippen molar-refractivity contribution in [3.05, 3.63) is 124 Å². The molecule has 0 aliphatic carbocycles. The lowest BCUT2D eigenvalue weighted by atomic mass is 10.0. The molecule has 0 unspecified atom stereocenters. The molecule has 0 spiro atoms. The molecule has 0 bridgehead atoms. The number of nitriles is 1. The average Bonchev–Trinajstić information content (AvgIpc) is 2.84. The van der Waals surface area contributed by atoms with Crippen LogP contribution in [0.15, 0.2) is 95.8 Å². The Morgan fingerprint density at radius 3 is 2.12 bits per heavy atom. The van der Waals surface area contributed by atoms with E-state index in [1.54, 1.807) is 54.6 Å². The number of nitrogens with zero attached hydrogens (tertiary/aromatic N) is 2. The van der Waals surface area contributed by atoms with Crippen LogP contribution in [0.4, 0.5) is 13.2 Å². The highest BCUT2D eigenvalue weighted by atomic mass is 19.4. The third-order valence-corrected chi connectivity index (χ3v) is 5.28. The lowest BCUT2D eigenvalue weighted by Crippen LogP contribution is -2.28. The van der Waals surface area contributed by atoms with E-state index in [1.165, 1.54) is 10.6 Å². The zero-order chi connectivity index (χ0) is 24.1. The van der Waals surface area contributed by atoms with Crippen LogP contribution in [0.5, 0.6) is 5.75 Å². The van der Waals surface area contributed by atoms with Crippen molar-refractivity contribution in [1.82, 2.24) is 4.57 Å². The molecule has 34 heavy (non-hydrogen) atoms. The molecule has 7 heteroatoms. The van der Waals surface area contributed by atoms with Gasteiger partial charge in [0.2, 0.25) is 0 Å². The summed E-state index contributed by atoms with van der Waals surface area (Å²) in [5, 5.41) is 9.35. The molecule has 0 amide bonds. The highest BCUT2D eigenvalue weighted by Gasteiger charge is 2.36. The normalized spacial score (nSPS) is 11.1. The summed E-state index contributed by atoms with van der Waals surface area (Å²) in [6.45, 7) is 0.291. The van der Waals surface area contributed by atoms with Crippen LogP contribution in [0.1, 0.15) is 22.3 Å². The number of alkyl halides is 3. The van der Waals surface area contributed by atoms with E-state index in [0.29, 0.717) is 16.9 Å². The predicted octanol–water partition coefficient (Wildman–Crippen LogP) is 6.03. The summed E-state index contributed by atoms with van der Waals surface area (Å²) in [6.07, 6.45) is -4.85. The molecule has 0 radical (unpaired) electrons. The Morgan fingerprint density at radius 1 is 0.853 bits per heavy atom. The summed E-state index contributed by atoms with van der Waals surface area (Å²) in [6, 6.07) is 27.2. The van der Waals surface area contributed by atoms with Gasteiger partial charge < -0.3 is 9.30 Å². The van der Waals surface area contributed by atoms with Gasteiger partial charge in [-0.05, 0) is 29.3 Å². The number of benzene rings is 3. The first-order valence-electron chi connectivity index (χ1n) is 10.4. The number of rotatable bonds is 6. The van der Waals surface area contributed by atoms with E-state index >= 15 is 0 Å². The third kappa shape index (κ3) is 5.02. The zero-order valence-electron chi connectivity index (χ0n) is 17.9. The van der Waals surface area contributed by atoms with Crippen LogP contribution in [0.25, 0.3) is 11.3 Å². The molecule has 4 aromatic rings. The molecule has 1 heterocycles. The van der Waals surface area contributed by atoms with Crippen LogP contribution in [0.2, 0.25) is 0 Å².